The van der Waals surface area contributed by atoms with Crippen molar-refractivity contribution in [3.8, 4) is 28.5 Å². The van der Waals surface area contributed by atoms with Crippen LogP contribution in [0.2, 0.25) is 0 Å². The summed E-state index contributed by atoms with van der Waals surface area (Å²) in [5.74, 6) is 1.99. The first kappa shape index (κ1) is 23.9. The molecule has 0 saturated carbocycles. The number of aryl methyl sites for hydroxylation is 1. The maximum atomic E-state index is 11.5. The van der Waals surface area contributed by atoms with Gasteiger partial charge in [-0.1, -0.05) is 60.7 Å². The number of rotatable bonds is 9. The fourth-order valence-corrected chi connectivity index (χ4v) is 4.54. The number of hydrogen-bond acceptors (Lipinski definition) is 6. The Bertz CT molecular complexity index is 1320. The molecule has 6 heteroatoms. The Morgan fingerprint density at radius 2 is 1.69 bits per heavy atom. The molecule has 4 aromatic rings. The molecule has 1 atom stereocenters. The van der Waals surface area contributed by atoms with E-state index in [1.807, 2.05) is 79.7 Å². The van der Waals surface area contributed by atoms with Crippen LogP contribution < -0.4 is 14.2 Å². The van der Waals surface area contributed by atoms with Gasteiger partial charge in [0.1, 0.15) is 24.2 Å². The largest absolute Gasteiger partial charge is 0.489 e. The van der Waals surface area contributed by atoms with Crippen molar-refractivity contribution < 1.29 is 24.1 Å². The zero-order chi connectivity index (χ0) is 24.9. The Morgan fingerprint density at radius 1 is 0.944 bits per heavy atom. The van der Waals surface area contributed by atoms with Crippen molar-refractivity contribution in [2.24, 2.45) is 0 Å². The zero-order valence-electron chi connectivity index (χ0n) is 20.4. The van der Waals surface area contributed by atoms with Gasteiger partial charge in [-0.05, 0) is 41.8 Å². The second kappa shape index (κ2) is 10.8. The average Bonchev–Trinajstić information content (AvgIpc) is 3.41. The summed E-state index contributed by atoms with van der Waals surface area (Å²) < 4.78 is 22.9. The van der Waals surface area contributed by atoms with Crippen LogP contribution in [0.4, 0.5) is 0 Å². The van der Waals surface area contributed by atoms with Crippen LogP contribution in [0.25, 0.3) is 11.3 Å². The Hall–Kier alpha value is -3.87. The van der Waals surface area contributed by atoms with Gasteiger partial charge in [0, 0.05) is 24.7 Å². The van der Waals surface area contributed by atoms with E-state index in [2.05, 4.69) is 0 Å². The summed E-state index contributed by atoms with van der Waals surface area (Å²) in [5, 5.41) is 11.5. The van der Waals surface area contributed by atoms with Gasteiger partial charge in [-0.3, -0.25) is 0 Å². The normalized spacial score (nSPS) is 13.1. The number of methoxy groups -OCH3 is 1. The Balaban J connectivity index is 1.49. The molecule has 2 heterocycles. The minimum atomic E-state index is -0.928. The van der Waals surface area contributed by atoms with Crippen LogP contribution in [0.5, 0.6) is 17.2 Å². The molecule has 0 bridgehead atoms. The highest BCUT2D eigenvalue weighted by Gasteiger charge is 2.28. The number of benzene rings is 3. The first-order valence-electron chi connectivity index (χ1n) is 12.0. The Kier molecular flexibility index (Phi) is 7.16. The van der Waals surface area contributed by atoms with E-state index in [0.29, 0.717) is 48.3 Å². The van der Waals surface area contributed by atoms with Crippen LogP contribution in [-0.2, 0) is 17.8 Å². The van der Waals surface area contributed by atoms with E-state index in [9.17, 15) is 5.11 Å². The quantitative estimate of drug-likeness (QED) is 0.311. The molecule has 0 fully saturated rings. The van der Waals surface area contributed by atoms with E-state index >= 15 is 0 Å². The summed E-state index contributed by atoms with van der Waals surface area (Å²) >= 11 is 0. The van der Waals surface area contributed by atoms with Gasteiger partial charge in [-0.15, -0.1) is 0 Å². The first-order valence-corrected chi connectivity index (χ1v) is 12.0. The molecule has 1 unspecified atom stereocenters. The lowest BCUT2D eigenvalue weighted by Crippen LogP contribution is -2.10. The van der Waals surface area contributed by atoms with Crippen LogP contribution in [0.3, 0.4) is 0 Å². The molecule has 0 saturated heterocycles. The molecule has 6 nitrogen and oxygen atoms in total. The summed E-state index contributed by atoms with van der Waals surface area (Å²) in [6.45, 7) is 3.09. The summed E-state index contributed by atoms with van der Waals surface area (Å²) in [6.07, 6.45) is -0.228. The van der Waals surface area contributed by atoms with Crippen molar-refractivity contribution in [2.75, 3.05) is 20.5 Å². The van der Waals surface area contributed by atoms with E-state index in [-0.39, 0.29) is 6.79 Å². The maximum absolute atomic E-state index is 11.5. The Labute approximate surface area is 211 Å². The molecule has 3 aromatic carbocycles. The van der Waals surface area contributed by atoms with Gasteiger partial charge in [0.25, 0.3) is 0 Å². The molecule has 1 aliphatic heterocycles. The molecule has 0 aliphatic carbocycles. The molecular weight excluding hydrogens is 454 g/mol. The molecule has 1 N–H and O–H groups in total. The highest BCUT2D eigenvalue weighted by atomic mass is 16.7. The van der Waals surface area contributed by atoms with Crippen LogP contribution in [0.15, 0.2) is 78.9 Å². The fraction of sp³-hybridized carbons (Fsp3) is 0.233. The third kappa shape index (κ3) is 4.91. The lowest BCUT2D eigenvalue weighted by atomic mass is 9.92. The van der Waals surface area contributed by atoms with Crippen molar-refractivity contribution in [1.82, 2.24) is 4.98 Å². The second-order valence-corrected chi connectivity index (χ2v) is 8.69. The number of aliphatic hydroxyl groups excluding tert-OH is 1. The molecule has 0 amide bonds. The Morgan fingerprint density at radius 3 is 2.44 bits per heavy atom. The lowest BCUT2D eigenvalue weighted by molar-refractivity contribution is 0.0512. The van der Waals surface area contributed by atoms with Gasteiger partial charge in [0.15, 0.2) is 18.3 Å². The fourth-order valence-electron chi connectivity index (χ4n) is 4.54. The van der Waals surface area contributed by atoms with E-state index in [1.165, 1.54) is 0 Å². The van der Waals surface area contributed by atoms with Crippen molar-refractivity contribution in [1.29, 1.82) is 0 Å². The SMILES string of the molecule is COCOc1ccc(C(O)c2c(C)cc(OCc3ccccc3)c3c2CCO3)nc1-c1ccccc1. The number of aromatic nitrogens is 1. The third-order valence-corrected chi connectivity index (χ3v) is 6.24. The molecular formula is C30H29NO5. The highest BCUT2D eigenvalue weighted by molar-refractivity contribution is 5.67. The molecule has 0 radical (unpaired) electrons. The van der Waals surface area contributed by atoms with Gasteiger partial charge in [-0.25, -0.2) is 4.98 Å². The van der Waals surface area contributed by atoms with Gasteiger partial charge >= 0.3 is 0 Å². The number of fused-ring (bicyclic) bond motifs is 1. The topological polar surface area (TPSA) is 70.0 Å². The van der Waals surface area contributed by atoms with Gasteiger partial charge < -0.3 is 24.1 Å². The third-order valence-electron chi connectivity index (χ3n) is 6.24. The standard InChI is InChI=1S/C30H29NO5/c1-20-17-26(35-18-21-9-5-3-6-10-21)30-23(15-16-34-30)27(20)29(32)24-13-14-25(36-19-33-2)28(31-24)22-11-7-4-8-12-22/h3-14,17,29,32H,15-16,18-19H2,1-2H3. The summed E-state index contributed by atoms with van der Waals surface area (Å²) in [7, 11) is 1.58. The number of hydrogen-bond donors (Lipinski definition) is 1. The highest BCUT2D eigenvalue weighted by Crippen LogP contribution is 2.44. The van der Waals surface area contributed by atoms with Gasteiger partial charge in [-0.2, -0.15) is 0 Å². The number of nitrogens with zero attached hydrogens (tertiary/aromatic N) is 1. The van der Waals surface area contributed by atoms with Crippen LogP contribution in [-0.4, -0.2) is 30.6 Å². The van der Waals surface area contributed by atoms with Crippen molar-refractivity contribution in [3.63, 3.8) is 0 Å². The number of ether oxygens (including phenoxy) is 4. The van der Waals surface area contributed by atoms with E-state index in [4.69, 9.17) is 23.9 Å². The number of pyridine rings is 1. The van der Waals surface area contributed by atoms with Crippen molar-refractivity contribution in [2.45, 2.75) is 26.1 Å². The minimum Gasteiger partial charge on any atom is -0.489 e. The first-order chi connectivity index (χ1) is 17.7. The minimum absolute atomic E-state index is 0.109. The molecule has 0 spiro atoms. The summed E-state index contributed by atoms with van der Waals surface area (Å²) in [5.41, 5.74) is 5.87. The van der Waals surface area contributed by atoms with Crippen LogP contribution >= 0.6 is 0 Å². The average molecular weight is 484 g/mol. The number of aliphatic hydroxyl groups is 1. The zero-order valence-corrected chi connectivity index (χ0v) is 20.4. The van der Waals surface area contributed by atoms with Crippen LogP contribution in [0.1, 0.15) is 34.1 Å². The van der Waals surface area contributed by atoms with Crippen molar-refractivity contribution in [3.05, 3.63) is 107 Å². The van der Waals surface area contributed by atoms with E-state index in [0.717, 1.165) is 27.8 Å². The second-order valence-electron chi connectivity index (χ2n) is 8.69. The predicted molar refractivity (Wildman–Crippen MR) is 137 cm³/mol. The molecule has 1 aliphatic rings. The lowest BCUT2D eigenvalue weighted by Gasteiger charge is -2.21. The molecule has 36 heavy (non-hydrogen) atoms. The summed E-state index contributed by atoms with van der Waals surface area (Å²) in [6, 6.07) is 25.4. The molecule has 1 aromatic heterocycles. The predicted octanol–water partition coefficient (Wildman–Crippen LogP) is 5.64. The van der Waals surface area contributed by atoms with Gasteiger partial charge in [0.05, 0.1) is 12.3 Å². The van der Waals surface area contributed by atoms with E-state index in [1.54, 1.807) is 13.2 Å². The van der Waals surface area contributed by atoms with Crippen LogP contribution in [0, 0.1) is 6.92 Å². The molecule has 5 rings (SSSR count). The molecule has 184 valence electrons. The smallest absolute Gasteiger partial charge is 0.188 e. The van der Waals surface area contributed by atoms with Gasteiger partial charge in [0.2, 0.25) is 0 Å². The van der Waals surface area contributed by atoms with Crippen molar-refractivity contribution >= 4 is 0 Å². The van der Waals surface area contributed by atoms with E-state index < -0.39 is 6.10 Å². The maximum Gasteiger partial charge on any atom is 0.188 e. The summed E-state index contributed by atoms with van der Waals surface area (Å²) in [4.78, 5) is 4.83. The monoisotopic (exact) mass is 483 g/mol.